The lowest BCUT2D eigenvalue weighted by Gasteiger charge is -2.18. The van der Waals surface area contributed by atoms with Crippen molar-refractivity contribution in [3.05, 3.63) is 12.2 Å². The van der Waals surface area contributed by atoms with Crippen molar-refractivity contribution in [3.8, 4) is 0 Å². The number of rotatable bonds is 29. The quantitative estimate of drug-likeness (QED) is 0.0326. The van der Waals surface area contributed by atoms with Crippen LogP contribution < -0.4 is 5.32 Å². The monoisotopic (exact) mass is 621 g/mol. The summed E-state index contributed by atoms with van der Waals surface area (Å²) < 4.78 is 26.5. The molecule has 12 heteroatoms. The van der Waals surface area contributed by atoms with Crippen LogP contribution in [-0.4, -0.2) is 64.9 Å². The third-order valence-electron chi connectivity index (χ3n) is 6.54. The summed E-state index contributed by atoms with van der Waals surface area (Å²) in [6.45, 7) is 2.42. The summed E-state index contributed by atoms with van der Waals surface area (Å²) in [6, 6.07) is -1.54. The Labute approximate surface area is 252 Å². The number of esters is 1. The van der Waals surface area contributed by atoms with E-state index in [1.165, 1.54) is 25.7 Å². The number of hydrogen-bond acceptors (Lipinski definition) is 8. The highest BCUT2D eigenvalue weighted by Gasteiger charge is 2.28. The van der Waals surface area contributed by atoms with Crippen molar-refractivity contribution in [2.24, 2.45) is 0 Å². The summed E-state index contributed by atoms with van der Waals surface area (Å²) in [5.74, 6) is -2.39. The molecule has 0 radical (unpaired) electrons. The van der Waals surface area contributed by atoms with Crippen molar-refractivity contribution in [2.45, 2.75) is 142 Å². The van der Waals surface area contributed by atoms with Crippen LogP contribution in [0.1, 0.15) is 129 Å². The second kappa shape index (κ2) is 26.8. The Morgan fingerprint density at radius 3 is 1.90 bits per heavy atom. The number of carboxylic acids is 1. The van der Waals surface area contributed by atoms with Crippen molar-refractivity contribution in [3.63, 3.8) is 0 Å². The van der Waals surface area contributed by atoms with E-state index in [4.69, 9.17) is 9.26 Å². The van der Waals surface area contributed by atoms with Gasteiger partial charge in [0.25, 0.3) is 0 Å². The number of phosphoric acid groups is 1. The molecule has 0 aromatic rings. The highest BCUT2D eigenvalue weighted by molar-refractivity contribution is 7.47. The summed E-state index contributed by atoms with van der Waals surface area (Å²) in [5.41, 5.74) is 0. The maximum absolute atomic E-state index is 12.1. The van der Waals surface area contributed by atoms with Crippen LogP contribution in [0.15, 0.2) is 12.2 Å². The van der Waals surface area contributed by atoms with Gasteiger partial charge in [0.2, 0.25) is 5.91 Å². The third-order valence-corrected chi connectivity index (χ3v) is 7.49. The number of hydrogen-bond donors (Lipinski definition) is 4. The minimum absolute atomic E-state index is 0.147. The molecule has 11 nitrogen and oxygen atoms in total. The average molecular weight is 622 g/mol. The number of aliphatic carboxylic acids is 1. The zero-order chi connectivity index (χ0) is 31.5. The van der Waals surface area contributed by atoms with Gasteiger partial charge in [-0.2, -0.15) is 0 Å². The van der Waals surface area contributed by atoms with E-state index in [1.807, 2.05) is 0 Å². The van der Waals surface area contributed by atoms with E-state index in [0.29, 0.717) is 12.8 Å². The molecule has 0 aromatic heterocycles. The molecule has 0 bridgehead atoms. The fraction of sp³-hybridized carbons (Fsp3) is 0.833. The lowest BCUT2D eigenvalue weighted by atomic mass is 10.1. The van der Waals surface area contributed by atoms with E-state index in [2.05, 4.69) is 35.8 Å². The van der Waals surface area contributed by atoms with Crippen LogP contribution in [0.3, 0.4) is 0 Å². The molecule has 3 atom stereocenters. The SMILES string of the molecule is CCC/C=C\CCCCCCCC(=O)OCC(O)COP(=O)(O)OCC(NC(=O)CCCCCCCCCC)C(=O)O. The summed E-state index contributed by atoms with van der Waals surface area (Å²) in [5, 5.41) is 21.5. The van der Waals surface area contributed by atoms with Crippen molar-refractivity contribution in [1.82, 2.24) is 5.32 Å². The first kappa shape index (κ1) is 40.2. The predicted octanol–water partition coefficient (Wildman–Crippen LogP) is 6.21. The molecule has 0 fully saturated rings. The number of amides is 1. The fourth-order valence-electron chi connectivity index (χ4n) is 4.02. The Kier molecular flexibility index (Phi) is 25.7. The summed E-state index contributed by atoms with van der Waals surface area (Å²) in [6.07, 6.45) is 20.0. The van der Waals surface area contributed by atoms with Gasteiger partial charge in [-0.1, -0.05) is 96.6 Å². The van der Waals surface area contributed by atoms with Gasteiger partial charge < -0.3 is 25.2 Å². The molecule has 0 heterocycles. The maximum Gasteiger partial charge on any atom is 0.472 e. The zero-order valence-electron chi connectivity index (χ0n) is 25.8. The molecular formula is C30H56NO10P. The van der Waals surface area contributed by atoms with Crippen molar-refractivity contribution in [2.75, 3.05) is 19.8 Å². The molecule has 0 aliphatic rings. The molecule has 4 N–H and O–H groups in total. The zero-order valence-corrected chi connectivity index (χ0v) is 26.7. The lowest BCUT2D eigenvalue weighted by Crippen LogP contribution is -2.43. The number of aliphatic hydroxyl groups excluding tert-OH is 1. The van der Waals surface area contributed by atoms with Gasteiger partial charge in [-0.15, -0.1) is 0 Å². The number of aliphatic hydroxyl groups is 1. The van der Waals surface area contributed by atoms with Crippen LogP contribution in [0.2, 0.25) is 0 Å². The lowest BCUT2D eigenvalue weighted by molar-refractivity contribution is -0.147. The third kappa shape index (κ3) is 25.9. The standard InChI is InChI=1S/C30H56NO10P/c1-3-5-7-9-11-13-14-16-18-20-22-29(34)39-23-26(32)24-40-42(37,38)41-25-27(30(35)36)31-28(33)21-19-17-15-12-10-8-6-4-2/h7,9,26-27,32H,3-6,8,10-25H2,1-2H3,(H,31,33)(H,35,36)(H,37,38)/b9-7-. The van der Waals surface area contributed by atoms with E-state index >= 15 is 0 Å². The van der Waals surface area contributed by atoms with Gasteiger partial charge in [-0.3, -0.25) is 18.6 Å². The van der Waals surface area contributed by atoms with Gasteiger partial charge in [-0.25, -0.2) is 9.36 Å². The van der Waals surface area contributed by atoms with Crippen LogP contribution in [0.5, 0.6) is 0 Å². The van der Waals surface area contributed by atoms with Crippen LogP contribution in [-0.2, 0) is 32.7 Å². The molecule has 3 unspecified atom stereocenters. The first-order valence-electron chi connectivity index (χ1n) is 15.7. The number of unbranched alkanes of at least 4 members (excludes halogenated alkanes) is 13. The van der Waals surface area contributed by atoms with E-state index in [-0.39, 0.29) is 12.8 Å². The molecule has 0 aliphatic carbocycles. The molecule has 0 saturated carbocycles. The van der Waals surface area contributed by atoms with Crippen molar-refractivity contribution in [1.29, 1.82) is 0 Å². The second-order valence-corrected chi connectivity index (χ2v) is 12.1. The van der Waals surface area contributed by atoms with Crippen LogP contribution in [0.25, 0.3) is 0 Å². The van der Waals surface area contributed by atoms with E-state index in [9.17, 15) is 34.1 Å². The molecule has 0 saturated heterocycles. The Balaban J connectivity index is 4.06. The van der Waals surface area contributed by atoms with Gasteiger partial charge in [0, 0.05) is 12.8 Å². The van der Waals surface area contributed by atoms with Crippen LogP contribution in [0, 0.1) is 0 Å². The largest absolute Gasteiger partial charge is 0.480 e. The number of carbonyl (C=O) groups is 3. The Hall–Kier alpha value is -1.78. The number of nitrogens with one attached hydrogen (secondary N) is 1. The summed E-state index contributed by atoms with van der Waals surface area (Å²) >= 11 is 0. The minimum atomic E-state index is -4.73. The van der Waals surface area contributed by atoms with Gasteiger partial charge in [0.1, 0.15) is 12.7 Å². The van der Waals surface area contributed by atoms with Crippen molar-refractivity contribution >= 4 is 25.7 Å². The van der Waals surface area contributed by atoms with E-state index in [0.717, 1.165) is 64.2 Å². The number of carboxylic acid groups (broad SMARTS) is 1. The minimum Gasteiger partial charge on any atom is -0.480 e. The number of carbonyl (C=O) groups excluding carboxylic acids is 2. The number of ether oxygens (including phenoxy) is 1. The molecule has 0 aliphatic heterocycles. The van der Waals surface area contributed by atoms with Crippen molar-refractivity contribution < 1.29 is 47.8 Å². The van der Waals surface area contributed by atoms with Gasteiger partial charge in [0.05, 0.1) is 13.2 Å². The normalized spacial score (nSPS) is 14.4. The molecule has 246 valence electrons. The second-order valence-electron chi connectivity index (χ2n) is 10.6. The molecular weight excluding hydrogens is 565 g/mol. The van der Waals surface area contributed by atoms with Gasteiger partial charge >= 0.3 is 19.8 Å². The maximum atomic E-state index is 12.1. The smallest absolute Gasteiger partial charge is 0.472 e. The average Bonchev–Trinajstić information content (AvgIpc) is 2.95. The number of allylic oxidation sites excluding steroid dienone is 2. The summed E-state index contributed by atoms with van der Waals surface area (Å²) in [7, 11) is -4.73. The van der Waals surface area contributed by atoms with Crippen LogP contribution >= 0.6 is 7.82 Å². The highest BCUT2D eigenvalue weighted by Crippen LogP contribution is 2.43. The van der Waals surface area contributed by atoms with Gasteiger partial charge in [0.15, 0.2) is 6.04 Å². The Morgan fingerprint density at radius 2 is 1.29 bits per heavy atom. The number of phosphoric ester groups is 1. The Bertz CT molecular complexity index is 792. The molecule has 0 rings (SSSR count). The summed E-state index contributed by atoms with van der Waals surface area (Å²) in [4.78, 5) is 45.2. The molecule has 1 amide bonds. The molecule has 42 heavy (non-hydrogen) atoms. The molecule has 0 aromatic carbocycles. The van der Waals surface area contributed by atoms with E-state index < -0.39 is 57.6 Å². The topological polar surface area (TPSA) is 169 Å². The highest BCUT2D eigenvalue weighted by atomic mass is 31.2. The Morgan fingerprint density at radius 1 is 0.738 bits per heavy atom. The fourth-order valence-corrected chi connectivity index (χ4v) is 4.79. The predicted molar refractivity (Wildman–Crippen MR) is 162 cm³/mol. The van der Waals surface area contributed by atoms with E-state index in [1.54, 1.807) is 0 Å². The van der Waals surface area contributed by atoms with Gasteiger partial charge in [-0.05, 0) is 32.1 Å². The first-order valence-corrected chi connectivity index (χ1v) is 17.2. The van der Waals surface area contributed by atoms with Crippen LogP contribution in [0.4, 0.5) is 0 Å². The molecule has 0 spiro atoms. The first-order chi connectivity index (χ1) is 20.1.